The highest BCUT2D eigenvalue weighted by atomic mass is 32.1. The molecule has 3 rings (SSSR count). The molecule has 1 heterocycles. The first-order valence-corrected chi connectivity index (χ1v) is 6.74. The van der Waals surface area contributed by atoms with Crippen LogP contribution in [0.15, 0.2) is 65.8 Å². The lowest BCUT2D eigenvalue weighted by Crippen LogP contribution is -2.55. The minimum absolute atomic E-state index is 0.248. The Balaban J connectivity index is 1.78. The number of rotatable bonds is 3. The van der Waals surface area contributed by atoms with E-state index in [0.717, 1.165) is 5.69 Å². The third kappa shape index (κ3) is 2.83. The van der Waals surface area contributed by atoms with E-state index in [0.29, 0.717) is 10.7 Å². The average Bonchev–Trinajstić information content (AvgIpc) is 2.89. The van der Waals surface area contributed by atoms with E-state index in [1.165, 1.54) is 5.23 Å². The Morgan fingerprint density at radius 2 is 1.67 bits per heavy atom. The SMILES string of the molecule is O=C(NN1NN=C(S)N1c1ccccc1)c1ccccc1. The Morgan fingerprint density at radius 3 is 2.33 bits per heavy atom. The summed E-state index contributed by atoms with van der Waals surface area (Å²) in [5.41, 5.74) is 6.79. The number of hydrogen-bond acceptors (Lipinski definition) is 5. The Labute approximate surface area is 127 Å². The van der Waals surface area contributed by atoms with E-state index in [4.69, 9.17) is 0 Å². The number of amidine groups is 1. The van der Waals surface area contributed by atoms with Crippen molar-refractivity contribution in [3.05, 3.63) is 66.2 Å². The molecule has 0 aromatic heterocycles. The number of carbonyl (C=O) groups is 1. The lowest BCUT2D eigenvalue weighted by atomic mass is 10.2. The number of amides is 1. The van der Waals surface area contributed by atoms with Gasteiger partial charge >= 0.3 is 0 Å². The molecule has 0 saturated carbocycles. The van der Waals surface area contributed by atoms with Gasteiger partial charge in [0.05, 0.1) is 5.69 Å². The molecule has 2 aromatic rings. The molecule has 106 valence electrons. The van der Waals surface area contributed by atoms with Crippen LogP contribution in [-0.4, -0.2) is 16.3 Å². The molecule has 2 aromatic carbocycles. The number of hydrazine groups is 3. The molecule has 0 saturated heterocycles. The first-order valence-electron chi connectivity index (χ1n) is 6.29. The van der Waals surface area contributed by atoms with Gasteiger partial charge in [-0.3, -0.25) is 4.79 Å². The molecule has 0 bridgehead atoms. The molecule has 1 aliphatic heterocycles. The largest absolute Gasteiger partial charge is 0.268 e. The second-order valence-corrected chi connectivity index (χ2v) is 4.68. The van der Waals surface area contributed by atoms with Crippen molar-refractivity contribution in [3.8, 4) is 0 Å². The maximum atomic E-state index is 12.2. The van der Waals surface area contributed by atoms with E-state index < -0.39 is 0 Å². The van der Waals surface area contributed by atoms with Gasteiger partial charge < -0.3 is 0 Å². The van der Waals surface area contributed by atoms with Crippen LogP contribution in [-0.2, 0) is 0 Å². The van der Waals surface area contributed by atoms with Gasteiger partial charge in [0.15, 0.2) is 0 Å². The van der Waals surface area contributed by atoms with Gasteiger partial charge in [0.25, 0.3) is 5.91 Å². The van der Waals surface area contributed by atoms with Gasteiger partial charge in [0, 0.05) is 5.56 Å². The molecular weight excluding hydrogens is 286 g/mol. The zero-order chi connectivity index (χ0) is 14.7. The van der Waals surface area contributed by atoms with E-state index in [-0.39, 0.29) is 5.91 Å². The third-order valence-electron chi connectivity index (χ3n) is 2.88. The monoisotopic (exact) mass is 299 g/mol. The van der Waals surface area contributed by atoms with Gasteiger partial charge in [-0.15, -0.1) is 17.7 Å². The van der Waals surface area contributed by atoms with E-state index in [1.54, 1.807) is 17.1 Å². The maximum absolute atomic E-state index is 12.2. The second kappa shape index (κ2) is 5.86. The van der Waals surface area contributed by atoms with Crippen molar-refractivity contribution >= 4 is 29.4 Å². The summed E-state index contributed by atoms with van der Waals surface area (Å²) in [6.45, 7) is 0. The van der Waals surface area contributed by atoms with Gasteiger partial charge in [0.1, 0.15) is 0 Å². The summed E-state index contributed by atoms with van der Waals surface area (Å²) in [5, 5.41) is 7.44. The van der Waals surface area contributed by atoms with Crippen LogP contribution < -0.4 is 16.0 Å². The summed E-state index contributed by atoms with van der Waals surface area (Å²) in [5.74, 6) is -0.248. The Hall–Kier alpha value is -2.51. The fourth-order valence-electron chi connectivity index (χ4n) is 1.90. The second-order valence-electron chi connectivity index (χ2n) is 4.28. The summed E-state index contributed by atoms with van der Waals surface area (Å²) >= 11 is 4.29. The Bertz CT molecular complexity index is 662. The fraction of sp³-hybridized carbons (Fsp3) is 0. The number of hydrogen-bond donors (Lipinski definition) is 3. The molecule has 0 fully saturated rings. The number of carbonyl (C=O) groups excluding carboxylic acids is 1. The number of hydrazone groups is 1. The van der Waals surface area contributed by atoms with Crippen molar-refractivity contribution < 1.29 is 4.79 Å². The normalized spacial score (nSPS) is 14.5. The molecule has 1 amide bonds. The number of benzene rings is 2. The quantitative estimate of drug-likeness (QED) is 0.756. The molecule has 21 heavy (non-hydrogen) atoms. The average molecular weight is 299 g/mol. The summed E-state index contributed by atoms with van der Waals surface area (Å²) < 4.78 is 0. The van der Waals surface area contributed by atoms with Gasteiger partial charge in [-0.1, -0.05) is 36.4 Å². The zero-order valence-electron chi connectivity index (χ0n) is 11.0. The van der Waals surface area contributed by atoms with Crippen molar-refractivity contribution in [2.45, 2.75) is 0 Å². The number of thiol groups is 1. The van der Waals surface area contributed by atoms with Gasteiger partial charge in [-0.05, 0) is 29.5 Å². The van der Waals surface area contributed by atoms with Crippen molar-refractivity contribution in [2.75, 3.05) is 5.01 Å². The number of nitrogens with zero attached hydrogens (tertiary/aromatic N) is 3. The molecule has 0 radical (unpaired) electrons. The molecule has 1 aliphatic rings. The summed E-state index contributed by atoms with van der Waals surface area (Å²) in [6.07, 6.45) is 0. The third-order valence-corrected chi connectivity index (χ3v) is 3.17. The Kier molecular flexibility index (Phi) is 3.76. The van der Waals surface area contributed by atoms with Gasteiger partial charge in [0.2, 0.25) is 5.17 Å². The smallest absolute Gasteiger partial charge is 0.268 e. The molecule has 6 nitrogen and oxygen atoms in total. The number of para-hydroxylation sites is 1. The van der Waals surface area contributed by atoms with Crippen molar-refractivity contribution in [1.82, 2.24) is 16.2 Å². The predicted molar refractivity (Wildman–Crippen MR) is 84.2 cm³/mol. The molecule has 7 heteroatoms. The zero-order valence-corrected chi connectivity index (χ0v) is 11.9. The first kappa shape index (κ1) is 13.5. The standard InChI is InChI=1S/C14H13N5OS/c20-13(11-7-3-1-4-8-11)16-19-17-15-14(21)18(19)12-9-5-2-6-10-12/h1-10,17H,(H,15,21)(H,16,20). The topological polar surface area (TPSA) is 60.0 Å². The van der Waals surface area contributed by atoms with Crippen LogP contribution in [0.5, 0.6) is 0 Å². The van der Waals surface area contributed by atoms with Crippen LogP contribution >= 0.6 is 12.6 Å². The van der Waals surface area contributed by atoms with Crippen LogP contribution in [0.2, 0.25) is 0 Å². The highest BCUT2D eigenvalue weighted by Crippen LogP contribution is 2.19. The molecule has 2 N–H and O–H groups in total. The molecule has 0 atom stereocenters. The van der Waals surface area contributed by atoms with Crippen LogP contribution in [0.3, 0.4) is 0 Å². The van der Waals surface area contributed by atoms with E-state index in [9.17, 15) is 4.79 Å². The molecule has 0 spiro atoms. The lowest BCUT2D eigenvalue weighted by Gasteiger charge is -2.27. The molecular formula is C14H13N5OS. The number of nitrogens with one attached hydrogen (secondary N) is 2. The highest BCUT2D eigenvalue weighted by Gasteiger charge is 2.26. The van der Waals surface area contributed by atoms with Crippen LogP contribution in [0.25, 0.3) is 0 Å². The van der Waals surface area contributed by atoms with E-state index in [2.05, 4.69) is 28.7 Å². The summed E-state index contributed by atoms with van der Waals surface area (Å²) in [6, 6.07) is 18.4. The summed E-state index contributed by atoms with van der Waals surface area (Å²) in [4.78, 5) is 12.2. The maximum Gasteiger partial charge on any atom is 0.268 e. The minimum atomic E-state index is -0.248. The van der Waals surface area contributed by atoms with E-state index in [1.807, 2.05) is 48.5 Å². The fourth-order valence-corrected chi connectivity index (χ4v) is 2.15. The lowest BCUT2D eigenvalue weighted by molar-refractivity contribution is 0.0713. The van der Waals surface area contributed by atoms with Crippen LogP contribution in [0, 0.1) is 0 Å². The first-order chi connectivity index (χ1) is 10.3. The van der Waals surface area contributed by atoms with Crippen LogP contribution in [0.4, 0.5) is 5.69 Å². The number of anilines is 1. The van der Waals surface area contributed by atoms with Crippen molar-refractivity contribution in [3.63, 3.8) is 0 Å². The van der Waals surface area contributed by atoms with Gasteiger partial charge in [-0.2, -0.15) is 5.53 Å². The highest BCUT2D eigenvalue weighted by molar-refractivity contribution is 7.97. The molecule has 0 unspecified atom stereocenters. The van der Waals surface area contributed by atoms with Crippen molar-refractivity contribution in [1.29, 1.82) is 0 Å². The van der Waals surface area contributed by atoms with Crippen molar-refractivity contribution in [2.24, 2.45) is 5.10 Å². The van der Waals surface area contributed by atoms with Crippen LogP contribution in [0.1, 0.15) is 10.4 Å². The predicted octanol–water partition coefficient (Wildman–Crippen LogP) is 1.77. The Morgan fingerprint density at radius 1 is 1.05 bits per heavy atom. The molecule has 0 aliphatic carbocycles. The van der Waals surface area contributed by atoms with Gasteiger partial charge in [-0.25, -0.2) is 10.4 Å². The van der Waals surface area contributed by atoms with E-state index >= 15 is 0 Å². The minimum Gasteiger partial charge on any atom is -0.268 e. The summed E-state index contributed by atoms with van der Waals surface area (Å²) in [7, 11) is 0.